The molecule has 2 aromatic carbocycles. The van der Waals surface area contributed by atoms with E-state index in [2.05, 4.69) is 40.6 Å². The number of hydrogen-bond acceptors (Lipinski definition) is 4. The SMILES string of the molecule is CCc1ccc(-c2cn3c(n2)sc2cc(C(=O)CCCCN4CCCCC4)ccc23)cc1Cl. The zero-order chi connectivity index (χ0) is 22.8. The summed E-state index contributed by atoms with van der Waals surface area (Å²) < 4.78 is 3.21. The maximum Gasteiger partial charge on any atom is 0.195 e. The number of unbranched alkanes of at least 4 members (excludes halogenated alkanes) is 1. The molecular weight excluding hydrogens is 450 g/mol. The molecule has 1 aliphatic heterocycles. The zero-order valence-corrected chi connectivity index (χ0v) is 20.7. The Hall–Kier alpha value is -2.21. The van der Waals surface area contributed by atoms with Crippen LogP contribution in [0.25, 0.3) is 26.4 Å². The number of hydrogen-bond donors (Lipinski definition) is 0. The van der Waals surface area contributed by atoms with E-state index < -0.39 is 0 Å². The molecule has 1 saturated heterocycles. The molecule has 1 fully saturated rings. The van der Waals surface area contributed by atoms with Crippen molar-refractivity contribution < 1.29 is 4.79 Å². The number of halogens is 1. The Kier molecular flexibility index (Phi) is 6.81. The highest BCUT2D eigenvalue weighted by atomic mass is 35.5. The lowest BCUT2D eigenvalue weighted by Crippen LogP contribution is -2.30. The molecule has 0 atom stereocenters. The van der Waals surface area contributed by atoms with E-state index in [9.17, 15) is 4.79 Å². The van der Waals surface area contributed by atoms with Crippen molar-refractivity contribution in [3.8, 4) is 11.3 Å². The van der Waals surface area contributed by atoms with Crippen molar-refractivity contribution in [3.05, 3.63) is 58.7 Å². The number of thiazole rings is 1. The van der Waals surface area contributed by atoms with Gasteiger partial charge in [0.15, 0.2) is 10.7 Å². The van der Waals surface area contributed by atoms with Gasteiger partial charge in [-0.3, -0.25) is 9.20 Å². The largest absolute Gasteiger partial charge is 0.303 e. The molecule has 0 amide bonds. The smallest absolute Gasteiger partial charge is 0.195 e. The maximum atomic E-state index is 12.8. The summed E-state index contributed by atoms with van der Waals surface area (Å²) in [5.74, 6) is 0.243. The third-order valence-corrected chi connectivity index (χ3v) is 8.09. The topological polar surface area (TPSA) is 37.6 Å². The first kappa shape index (κ1) is 22.6. The van der Waals surface area contributed by atoms with Crippen LogP contribution in [0, 0.1) is 0 Å². The first-order valence-electron chi connectivity index (χ1n) is 12.1. The normalized spacial score (nSPS) is 15.0. The average molecular weight is 480 g/mol. The molecule has 0 aliphatic carbocycles. The van der Waals surface area contributed by atoms with Crippen molar-refractivity contribution in [3.63, 3.8) is 0 Å². The number of imidazole rings is 1. The maximum absolute atomic E-state index is 12.8. The van der Waals surface area contributed by atoms with Crippen LogP contribution < -0.4 is 0 Å². The summed E-state index contributed by atoms with van der Waals surface area (Å²) >= 11 is 8.04. The first-order valence-corrected chi connectivity index (χ1v) is 13.3. The molecule has 0 radical (unpaired) electrons. The van der Waals surface area contributed by atoms with Gasteiger partial charge in [0.25, 0.3) is 0 Å². The lowest BCUT2D eigenvalue weighted by molar-refractivity contribution is 0.0977. The minimum Gasteiger partial charge on any atom is -0.303 e. The molecule has 4 nitrogen and oxygen atoms in total. The number of nitrogens with zero attached hydrogens (tertiary/aromatic N) is 3. The number of aromatic nitrogens is 2. The molecule has 1 aliphatic rings. The highest BCUT2D eigenvalue weighted by Gasteiger charge is 2.14. The zero-order valence-electron chi connectivity index (χ0n) is 19.1. The minimum absolute atomic E-state index is 0.243. The Morgan fingerprint density at radius 3 is 2.73 bits per heavy atom. The van der Waals surface area contributed by atoms with E-state index in [1.165, 1.54) is 32.4 Å². The number of aryl methyl sites for hydroxylation is 1. The quantitative estimate of drug-likeness (QED) is 0.197. The van der Waals surface area contributed by atoms with Crippen LogP contribution in [0.5, 0.6) is 0 Å². The van der Waals surface area contributed by atoms with Crippen LogP contribution in [0.3, 0.4) is 0 Å². The summed E-state index contributed by atoms with van der Waals surface area (Å²) in [7, 11) is 0. The van der Waals surface area contributed by atoms with Gasteiger partial charge in [-0.05, 0) is 81.6 Å². The van der Waals surface area contributed by atoms with E-state index in [4.69, 9.17) is 16.6 Å². The number of rotatable bonds is 8. The molecule has 0 spiro atoms. The van der Waals surface area contributed by atoms with Crippen LogP contribution in [0.2, 0.25) is 5.02 Å². The highest BCUT2D eigenvalue weighted by Crippen LogP contribution is 2.32. The summed E-state index contributed by atoms with van der Waals surface area (Å²) in [4.78, 5) is 21.1. The minimum atomic E-state index is 0.243. The Balaban J connectivity index is 1.27. The molecule has 0 unspecified atom stereocenters. The van der Waals surface area contributed by atoms with Crippen molar-refractivity contribution in [1.29, 1.82) is 0 Å². The van der Waals surface area contributed by atoms with E-state index >= 15 is 0 Å². The van der Waals surface area contributed by atoms with Crippen molar-refractivity contribution in [2.24, 2.45) is 0 Å². The molecule has 172 valence electrons. The van der Waals surface area contributed by atoms with Crippen molar-refractivity contribution >= 4 is 43.9 Å². The molecular formula is C27H30ClN3OS. The number of carbonyl (C=O) groups excluding carboxylic acids is 1. The fraction of sp³-hybridized carbons (Fsp3) is 0.407. The van der Waals surface area contributed by atoms with Crippen LogP contribution >= 0.6 is 22.9 Å². The average Bonchev–Trinajstić information content (AvgIpc) is 3.40. The lowest BCUT2D eigenvalue weighted by Gasteiger charge is -2.26. The monoisotopic (exact) mass is 479 g/mol. The van der Waals surface area contributed by atoms with Crippen molar-refractivity contribution in [1.82, 2.24) is 14.3 Å². The summed E-state index contributed by atoms with van der Waals surface area (Å²) in [5, 5.41) is 0.787. The molecule has 0 N–H and O–H groups in total. The van der Waals surface area contributed by atoms with Gasteiger partial charge in [-0.2, -0.15) is 0 Å². The van der Waals surface area contributed by atoms with E-state index in [0.29, 0.717) is 6.42 Å². The van der Waals surface area contributed by atoms with E-state index in [-0.39, 0.29) is 5.78 Å². The molecule has 3 heterocycles. The van der Waals surface area contributed by atoms with Gasteiger partial charge in [0.05, 0.1) is 15.9 Å². The Labute approximate surface area is 204 Å². The molecule has 5 rings (SSSR count). The van der Waals surface area contributed by atoms with Gasteiger partial charge in [0.1, 0.15) is 0 Å². The predicted octanol–water partition coefficient (Wildman–Crippen LogP) is 7.27. The van der Waals surface area contributed by atoms with Gasteiger partial charge in [0, 0.05) is 28.8 Å². The Bertz CT molecular complexity index is 1290. The fourth-order valence-corrected chi connectivity index (χ4v) is 6.12. The summed E-state index contributed by atoms with van der Waals surface area (Å²) in [5.41, 5.74) is 4.99. The van der Waals surface area contributed by atoms with Gasteiger partial charge in [-0.25, -0.2) is 4.98 Å². The molecule has 33 heavy (non-hydrogen) atoms. The molecule has 4 aromatic rings. The first-order chi connectivity index (χ1) is 16.1. The van der Waals surface area contributed by atoms with Crippen LogP contribution in [0.1, 0.15) is 61.4 Å². The molecule has 2 aromatic heterocycles. The second-order valence-corrected chi connectivity index (χ2v) is 10.4. The standard InChI is InChI=1S/C27H30ClN3OS/c1-2-19-9-10-20(16-22(19)28)23-18-31-24-12-11-21(17-26(24)33-27(31)29-23)25(32)8-4-7-15-30-13-5-3-6-14-30/h9-12,16-18H,2-8,13-15H2,1H3. The fourth-order valence-electron chi connectivity index (χ4n) is 4.76. The molecule has 0 bridgehead atoms. The van der Waals surface area contributed by atoms with Gasteiger partial charge in [-0.1, -0.05) is 48.4 Å². The Morgan fingerprint density at radius 1 is 1.09 bits per heavy atom. The van der Waals surface area contributed by atoms with Gasteiger partial charge in [-0.15, -0.1) is 0 Å². The van der Waals surface area contributed by atoms with Gasteiger partial charge in [0.2, 0.25) is 0 Å². The van der Waals surface area contributed by atoms with Gasteiger partial charge < -0.3 is 4.90 Å². The van der Waals surface area contributed by atoms with Crippen LogP contribution in [0.15, 0.2) is 42.6 Å². The summed E-state index contributed by atoms with van der Waals surface area (Å²) in [6.45, 7) is 5.69. The third kappa shape index (κ3) is 4.86. The number of likely N-dealkylation sites (tertiary alicyclic amines) is 1. The molecule has 0 saturated carbocycles. The van der Waals surface area contributed by atoms with Crippen molar-refractivity contribution in [2.45, 2.75) is 51.9 Å². The van der Waals surface area contributed by atoms with E-state index in [0.717, 1.165) is 68.4 Å². The second-order valence-electron chi connectivity index (χ2n) is 9.01. The summed E-state index contributed by atoms with van der Waals surface area (Å²) in [6, 6.07) is 12.2. The Morgan fingerprint density at radius 2 is 1.94 bits per heavy atom. The van der Waals surface area contributed by atoms with Crippen LogP contribution in [0.4, 0.5) is 0 Å². The van der Waals surface area contributed by atoms with Crippen LogP contribution in [-0.2, 0) is 6.42 Å². The lowest BCUT2D eigenvalue weighted by atomic mass is 10.0. The van der Waals surface area contributed by atoms with E-state index in [1.54, 1.807) is 11.3 Å². The molecule has 6 heteroatoms. The highest BCUT2D eigenvalue weighted by molar-refractivity contribution is 7.23. The number of Topliss-reactive ketones (excluding diaryl/α,β-unsaturated/α-hetero) is 1. The number of carbonyl (C=O) groups is 1. The number of piperidine rings is 1. The van der Waals surface area contributed by atoms with Crippen LogP contribution in [-0.4, -0.2) is 39.7 Å². The van der Waals surface area contributed by atoms with Gasteiger partial charge >= 0.3 is 0 Å². The third-order valence-electron chi connectivity index (χ3n) is 6.72. The van der Waals surface area contributed by atoms with E-state index in [1.807, 2.05) is 18.2 Å². The number of benzene rings is 2. The summed E-state index contributed by atoms with van der Waals surface area (Å²) in [6.07, 6.45) is 9.69. The predicted molar refractivity (Wildman–Crippen MR) is 139 cm³/mol. The number of ketones is 1. The second kappa shape index (κ2) is 9.96. The van der Waals surface area contributed by atoms with Crippen molar-refractivity contribution in [2.75, 3.05) is 19.6 Å². The number of fused-ring (bicyclic) bond motifs is 3.